The van der Waals surface area contributed by atoms with Crippen molar-refractivity contribution in [3.63, 3.8) is 0 Å². The van der Waals surface area contributed by atoms with Crippen molar-refractivity contribution in [3.05, 3.63) is 35.4 Å². The average Bonchev–Trinajstić information content (AvgIpc) is 2.27. The third kappa shape index (κ3) is 5.06. The Bertz CT molecular complexity index is 578. The summed E-state index contributed by atoms with van der Waals surface area (Å²) in [6.45, 7) is 1.82. The molecule has 7 nitrogen and oxygen atoms in total. The van der Waals surface area contributed by atoms with Gasteiger partial charge in [0.2, 0.25) is 0 Å². The molecule has 1 rings (SSSR count). The first-order valence-corrected chi connectivity index (χ1v) is 6.85. The van der Waals surface area contributed by atoms with Gasteiger partial charge in [0.15, 0.2) is 0 Å². The Morgan fingerprint density at radius 2 is 1.79 bits per heavy atom. The summed E-state index contributed by atoms with van der Waals surface area (Å²) in [4.78, 5) is 22.5. The van der Waals surface area contributed by atoms with E-state index >= 15 is 0 Å². The summed E-state index contributed by atoms with van der Waals surface area (Å²) in [7, 11) is -4.50. The second-order valence-corrected chi connectivity index (χ2v) is 5.48. The van der Waals surface area contributed by atoms with E-state index in [1.807, 2.05) is 12.2 Å². The molecule has 0 aromatic heterocycles. The lowest BCUT2D eigenvalue weighted by atomic mass is 10.1. The van der Waals surface area contributed by atoms with E-state index < -0.39 is 33.8 Å². The SMILES string of the molecule is Cc1ccc(C(=O)NC(CS(=O)(=O)O)C(=O)O)cc1. The second-order valence-electron chi connectivity index (χ2n) is 3.98. The molecule has 0 saturated heterocycles. The van der Waals surface area contributed by atoms with Crippen LogP contribution in [0.25, 0.3) is 0 Å². The van der Waals surface area contributed by atoms with E-state index in [0.717, 1.165) is 5.56 Å². The summed E-state index contributed by atoms with van der Waals surface area (Å²) in [6, 6.07) is 4.58. The number of benzene rings is 1. The van der Waals surface area contributed by atoms with Crippen LogP contribution in [0.15, 0.2) is 24.3 Å². The Balaban J connectivity index is 2.82. The van der Waals surface area contributed by atoms with Crippen LogP contribution >= 0.6 is 0 Å². The summed E-state index contributed by atoms with van der Waals surface area (Å²) in [5.41, 5.74) is 1.12. The van der Waals surface area contributed by atoms with Crippen molar-refractivity contribution >= 4 is 22.0 Å². The molecule has 0 aliphatic rings. The number of aryl methyl sites for hydroxylation is 1. The van der Waals surface area contributed by atoms with Crippen LogP contribution in [-0.2, 0) is 14.9 Å². The van der Waals surface area contributed by atoms with E-state index in [2.05, 4.69) is 0 Å². The van der Waals surface area contributed by atoms with Crippen molar-refractivity contribution < 1.29 is 27.7 Å². The Kier molecular flexibility index (Phi) is 4.62. The maximum Gasteiger partial charge on any atom is 0.327 e. The Labute approximate surface area is 110 Å². The largest absolute Gasteiger partial charge is 0.480 e. The van der Waals surface area contributed by atoms with Gasteiger partial charge in [0, 0.05) is 5.56 Å². The molecule has 0 fully saturated rings. The van der Waals surface area contributed by atoms with Gasteiger partial charge in [0.05, 0.1) is 0 Å². The quantitative estimate of drug-likeness (QED) is 0.659. The number of hydrogen-bond acceptors (Lipinski definition) is 4. The minimum atomic E-state index is -4.50. The van der Waals surface area contributed by atoms with Crippen LogP contribution in [0.3, 0.4) is 0 Å². The third-order valence-electron chi connectivity index (χ3n) is 2.29. The first kappa shape index (κ1) is 15.1. The van der Waals surface area contributed by atoms with Crippen molar-refractivity contribution in [3.8, 4) is 0 Å². The Morgan fingerprint density at radius 1 is 1.26 bits per heavy atom. The number of carboxylic acid groups (broad SMARTS) is 1. The first-order chi connectivity index (χ1) is 8.69. The van der Waals surface area contributed by atoms with Crippen LogP contribution < -0.4 is 5.32 Å². The van der Waals surface area contributed by atoms with Gasteiger partial charge in [-0.15, -0.1) is 0 Å². The molecule has 3 N–H and O–H groups in total. The highest BCUT2D eigenvalue weighted by atomic mass is 32.2. The molecule has 104 valence electrons. The van der Waals surface area contributed by atoms with Gasteiger partial charge in [0.1, 0.15) is 11.8 Å². The van der Waals surface area contributed by atoms with E-state index in [0.29, 0.717) is 0 Å². The molecule has 0 spiro atoms. The van der Waals surface area contributed by atoms with Crippen molar-refractivity contribution in [2.24, 2.45) is 0 Å². The zero-order chi connectivity index (χ0) is 14.6. The number of amides is 1. The van der Waals surface area contributed by atoms with E-state index in [1.165, 1.54) is 12.1 Å². The maximum atomic E-state index is 11.7. The zero-order valence-electron chi connectivity index (χ0n) is 10.0. The van der Waals surface area contributed by atoms with E-state index in [4.69, 9.17) is 9.66 Å². The van der Waals surface area contributed by atoms with Crippen molar-refractivity contribution in [1.82, 2.24) is 5.32 Å². The highest BCUT2D eigenvalue weighted by Gasteiger charge is 2.25. The molecule has 0 heterocycles. The van der Waals surface area contributed by atoms with Gasteiger partial charge in [-0.25, -0.2) is 4.79 Å². The minimum Gasteiger partial charge on any atom is -0.480 e. The molecule has 0 radical (unpaired) electrons. The van der Waals surface area contributed by atoms with E-state index in [1.54, 1.807) is 12.1 Å². The summed E-state index contributed by atoms with van der Waals surface area (Å²) in [5, 5.41) is 10.8. The summed E-state index contributed by atoms with van der Waals surface area (Å²) in [5.74, 6) is -3.35. The van der Waals surface area contributed by atoms with E-state index in [9.17, 15) is 18.0 Å². The molecule has 0 aliphatic heterocycles. The van der Waals surface area contributed by atoms with Gasteiger partial charge in [-0.05, 0) is 19.1 Å². The van der Waals surface area contributed by atoms with Crippen molar-refractivity contribution in [2.45, 2.75) is 13.0 Å². The summed E-state index contributed by atoms with van der Waals surface area (Å²) >= 11 is 0. The van der Waals surface area contributed by atoms with Gasteiger partial charge in [-0.1, -0.05) is 17.7 Å². The average molecular weight is 287 g/mol. The number of carbonyl (C=O) groups is 2. The fourth-order valence-electron chi connectivity index (χ4n) is 1.33. The Hall–Kier alpha value is -1.93. The fraction of sp³-hybridized carbons (Fsp3) is 0.273. The molecule has 0 aliphatic carbocycles. The molecule has 0 saturated carbocycles. The molecular weight excluding hydrogens is 274 g/mol. The predicted molar refractivity (Wildman–Crippen MR) is 66.5 cm³/mol. The number of carbonyl (C=O) groups excluding carboxylic acids is 1. The third-order valence-corrected chi connectivity index (χ3v) is 3.05. The van der Waals surface area contributed by atoms with Crippen LogP contribution in [0.1, 0.15) is 15.9 Å². The molecule has 8 heteroatoms. The summed E-state index contributed by atoms with van der Waals surface area (Å²) < 4.78 is 29.9. The first-order valence-electron chi connectivity index (χ1n) is 5.24. The molecule has 1 aromatic carbocycles. The van der Waals surface area contributed by atoms with Crippen LogP contribution in [0, 0.1) is 6.92 Å². The predicted octanol–water partition coefficient (Wildman–Crippen LogP) is 0.0658. The van der Waals surface area contributed by atoms with Crippen molar-refractivity contribution in [1.29, 1.82) is 0 Å². The van der Waals surface area contributed by atoms with E-state index in [-0.39, 0.29) is 5.56 Å². The van der Waals surface area contributed by atoms with Crippen LogP contribution in [-0.4, -0.2) is 41.7 Å². The number of hydrogen-bond donors (Lipinski definition) is 3. The topological polar surface area (TPSA) is 121 Å². The van der Waals surface area contributed by atoms with Gasteiger partial charge in [0.25, 0.3) is 16.0 Å². The lowest BCUT2D eigenvalue weighted by molar-refractivity contribution is -0.138. The van der Waals surface area contributed by atoms with Gasteiger partial charge in [-0.3, -0.25) is 9.35 Å². The molecular formula is C11H13NO6S. The van der Waals surface area contributed by atoms with Gasteiger partial charge in [-0.2, -0.15) is 8.42 Å². The molecule has 1 unspecified atom stereocenters. The highest BCUT2D eigenvalue weighted by molar-refractivity contribution is 7.85. The molecule has 1 amide bonds. The van der Waals surface area contributed by atoms with Crippen LogP contribution in [0.2, 0.25) is 0 Å². The van der Waals surface area contributed by atoms with Crippen molar-refractivity contribution in [2.75, 3.05) is 5.75 Å². The molecule has 1 aromatic rings. The number of aliphatic carboxylic acids is 1. The van der Waals surface area contributed by atoms with Gasteiger partial charge >= 0.3 is 5.97 Å². The minimum absolute atomic E-state index is 0.201. The molecule has 0 bridgehead atoms. The van der Waals surface area contributed by atoms with Gasteiger partial charge < -0.3 is 10.4 Å². The van der Waals surface area contributed by atoms with Crippen LogP contribution in [0.5, 0.6) is 0 Å². The lowest BCUT2D eigenvalue weighted by Crippen LogP contribution is -2.45. The normalized spacial score (nSPS) is 12.7. The Morgan fingerprint density at radius 3 is 2.21 bits per heavy atom. The molecule has 1 atom stereocenters. The monoisotopic (exact) mass is 287 g/mol. The smallest absolute Gasteiger partial charge is 0.327 e. The maximum absolute atomic E-state index is 11.7. The van der Waals surface area contributed by atoms with Crippen LogP contribution in [0.4, 0.5) is 0 Å². The zero-order valence-corrected chi connectivity index (χ0v) is 10.8. The number of carboxylic acids is 1. The number of nitrogens with one attached hydrogen (secondary N) is 1. The summed E-state index contributed by atoms with van der Waals surface area (Å²) in [6.07, 6.45) is 0. The number of rotatable bonds is 5. The standard InChI is InChI=1S/C11H13NO6S/c1-7-2-4-8(5-3-7)10(13)12-9(11(14)15)6-19(16,17)18/h2-5,9H,6H2,1H3,(H,12,13)(H,14,15)(H,16,17,18). The lowest BCUT2D eigenvalue weighted by Gasteiger charge is -2.12. The highest BCUT2D eigenvalue weighted by Crippen LogP contribution is 2.04. The fourth-order valence-corrected chi connectivity index (χ4v) is 1.98. The molecule has 19 heavy (non-hydrogen) atoms. The second kappa shape index (κ2) is 5.81.